The molecule has 0 aliphatic rings. The Kier molecular flexibility index (Phi) is 6.01. The molecule has 0 saturated heterocycles. The fourth-order valence-corrected chi connectivity index (χ4v) is 8.98. The van der Waals surface area contributed by atoms with E-state index in [-0.39, 0.29) is 5.41 Å². The summed E-state index contributed by atoms with van der Waals surface area (Å²) >= 11 is 1.93. The number of para-hydroxylation sites is 4. The zero-order chi connectivity index (χ0) is 32.9. The van der Waals surface area contributed by atoms with Gasteiger partial charge < -0.3 is 4.57 Å². The molecule has 0 unspecified atom stereocenters. The number of hydrogen-bond donors (Lipinski definition) is 0. The van der Waals surface area contributed by atoms with Crippen molar-refractivity contribution in [3.05, 3.63) is 151 Å². The number of aromatic nitrogens is 3. The van der Waals surface area contributed by atoms with Gasteiger partial charge in [-0.1, -0.05) is 99.6 Å². The maximum atomic E-state index is 5.13. The Balaban J connectivity index is 1.25. The summed E-state index contributed by atoms with van der Waals surface area (Å²) in [7, 11) is 0. The average molecular weight is 648 g/mol. The topological polar surface area (TPSA) is 22.8 Å². The maximum Gasteiger partial charge on any atom is 0.145 e. The monoisotopic (exact) mass is 647 g/mol. The highest BCUT2D eigenvalue weighted by Crippen LogP contribution is 2.48. The summed E-state index contributed by atoms with van der Waals surface area (Å²) in [6.07, 6.45) is 0. The minimum Gasteiger partial charge on any atom is -0.309 e. The lowest BCUT2D eigenvalue weighted by molar-refractivity contribution is 0.591. The van der Waals surface area contributed by atoms with Crippen LogP contribution in [0.3, 0.4) is 0 Å². The lowest BCUT2D eigenvalue weighted by Gasteiger charge is -2.19. The van der Waals surface area contributed by atoms with Crippen molar-refractivity contribution in [1.29, 1.82) is 0 Å². The highest BCUT2D eigenvalue weighted by molar-refractivity contribution is 7.27. The zero-order valence-corrected chi connectivity index (χ0v) is 28.4. The molecule has 7 aromatic carbocycles. The predicted octanol–water partition coefficient (Wildman–Crippen LogP) is 12.6. The summed E-state index contributed by atoms with van der Waals surface area (Å²) in [5.41, 5.74) is 9.33. The average Bonchev–Trinajstić information content (AvgIpc) is 3.82. The molecule has 0 N–H and O–H groups in total. The van der Waals surface area contributed by atoms with Crippen molar-refractivity contribution in [2.24, 2.45) is 0 Å². The van der Waals surface area contributed by atoms with E-state index < -0.39 is 0 Å². The van der Waals surface area contributed by atoms with Gasteiger partial charge in [0, 0.05) is 53.3 Å². The van der Waals surface area contributed by atoms with Crippen molar-refractivity contribution >= 4 is 75.1 Å². The van der Waals surface area contributed by atoms with Gasteiger partial charge in [-0.15, -0.1) is 11.3 Å². The van der Waals surface area contributed by atoms with Crippen molar-refractivity contribution in [2.45, 2.75) is 26.2 Å². The molecule has 3 nitrogen and oxygen atoms in total. The molecule has 0 spiro atoms. The van der Waals surface area contributed by atoms with Crippen molar-refractivity contribution in [3.63, 3.8) is 0 Å². The summed E-state index contributed by atoms with van der Waals surface area (Å²) in [4.78, 5) is 5.13. The third-order valence-electron chi connectivity index (χ3n) is 10.1. The van der Waals surface area contributed by atoms with Crippen LogP contribution in [-0.4, -0.2) is 14.1 Å². The molecule has 0 fully saturated rings. The first-order valence-electron chi connectivity index (χ1n) is 16.9. The van der Waals surface area contributed by atoms with Crippen molar-refractivity contribution in [3.8, 4) is 22.8 Å². The summed E-state index contributed by atoms with van der Waals surface area (Å²) < 4.78 is 7.43. The molecule has 0 bridgehead atoms. The smallest absolute Gasteiger partial charge is 0.145 e. The number of rotatable bonds is 3. The molecule has 10 aromatic rings. The molecule has 3 aromatic heterocycles. The van der Waals surface area contributed by atoms with E-state index >= 15 is 0 Å². The van der Waals surface area contributed by atoms with Gasteiger partial charge in [0.15, 0.2) is 0 Å². The summed E-state index contributed by atoms with van der Waals surface area (Å²) in [6.45, 7) is 6.90. The molecule has 0 atom stereocenters. The van der Waals surface area contributed by atoms with Crippen molar-refractivity contribution < 1.29 is 0 Å². The third-order valence-corrected chi connectivity index (χ3v) is 11.3. The first-order valence-corrected chi connectivity index (χ1v) is 17.7. The molecule has 0 amide bonds. The molecular formula is C45H33N3S. The Labute approximate surface area is 288 Å². The van der Waals surface area contributed by atoms with E-state index in [1.54, 1.807) is 0 Å². The number of fused-ring (bicyclic) bond motifs is 11. The van der Waals surface area contributed by atoms with E-state index in [2.05, 4.69) is 175 Å². The van der Waals surface area contributed by atoms with Crippen LogP contribution < -0.4 is 0 Å². The highest BCUT2D eigenvalue weighted by Gasteiger charge is 2.23. The van der Waals surface area contributed by atoms with E-state index in [0.717, 1.165) is 33.8 Å². The third kappa shape index (κ3) is 4.17. The maximum absolute atomic E-state index is 5.13. The Morgan fingerprint density at radius 2 is 1.18 bits per heavy atom. The molecule has 0 aliphatic carbocycles. The van der Waals surface area contributed by atoms with Crippen LogP contribution >= 0.6 is 11.3 Å². The van der Waals surface area contributed by atoms with E-state index in [0.29, 0.717) is 0 Å². The first-order chi connectivity index (χ1) is 24.0. The SMILES string of the molecule is CC(C)(C)c1ccc2sc3c(c2c1)c1ccccc1c1c3c2ccccc2n1-c1ccc(-c2nc3ccccc3n2-c2ccccc2)cc1. The fourth-order valence-electron chi connectivity index (χ4n) is 7.73. The van der Waals surface area contributed by atoms with E-state index in [9.17, 15) is 0 Å². The fraction of sp³-hybridized carbons (Fsp3) is 0.0889. The molecule has 3 heterocycles. The van der Waals surface area contributed by atoms with Crippen molar-refractivity contribution in [2.75, 3.05) is 0 Å². The molecule has 4 heteroatoms. The van der Waals surface area contributed by atoms with Crippen LogP contribution in [0.5, 0.6) is 0 Å². The Bertz CT molecular complexity index is 2900. The summed E-state index contributed by atoms with van der Waals surface area (Å²) in [5.74, 6) is 0.938. The van der Waals surface area contributed by atoms with Gasteiger partial charge in [0.1, 0.15) is 5.82 Å². The van der Waals surface area contributed by atoms with E-state index in [1.807, 2.05) is 11.3 Å². The molecule has 49 heavy (non-hydrogen) atoms. The summed E-state index contributed by atoms with van der Waals surface area (Å²) in [5, 5.41) is 7.92. The zero-order valence-electron chi connectivity index (χ0n) is 27.6. The lowest BCUT2D eigenvalue weighted by atomic mass is 9.86. The van der Waals surface area contributed by atoms with Crippen molar-refractivity contribution in [1.82, 2.24) is 14.1 Å². The molecular weight excluding hydrogens is 615 g/mol. The molecule has 0 radical (unpaired) electrons. The standard InChI is InChI=1S/C45H33N3S/c1-45(2,3)29-23-26-39-35(27-29)40-32-15-7-8-16-33(32)42-41(43(40)49-39)34-17-9-11-19-37(34)47(42)31-24-21-28(22-25-31)44-46-36-18-10-12-20-38(36)48(44)30-13-5-4-6-14-30/h4-27H,1-3H3. The number of nitrogens with zero attached hydrogens (tertiary/aromatic N) is 3. The van der Waals surface area contributed by atoms with Crippen LogP contribution in [0.15, 0.2) is 146 Å². The van der Waals surface area contributed by atoms with Gasteiger partial charge in [0.2, 0.25) is 0 Å². The van der Waals surface area contributed by atoms with Crippen LogP contribution in [0.2, 0.25) is 0 Å². The Morgan fingerprint density at radius 3 is 1.96 bits per heavy atom. The van der Waals surface area contributed by atoms with Crippen LogP contribution in [0, 0.1) is 0 Å². The van der Waals surface area contributed by atoms with Gasteiger partial charge in [-0.3, -0.25) is 4.57 Å². The molecule has 10 rings (SSSR count). The second-order valence-electron chi connectivity index (χ2n) is 14.0. The largest absolute Gasteiger partial charge is 0.309 e. The molecule has 0 saturated carbocycles. The second-order valence-corrected chi connectivity index (χ2v) is 15.1. The number of hydrogen-bond acceptors (Lipinski definition) is 2. The highest BCUT2D eigenvalue weighted by atomic mass is 32.1. The van der Waals surface area contributed by atoms with Gasteiger partial charge in [0.05, 0.1) is 22.1 Å². The van der Waals surface area contributed by atoms with Crippen LogP contribution in [0.4, 0.5) is 0 Å². The first kappa shape index (κ1) is 28.3. The predicted molar refractivity (Wildman–Crippen MR) is 210 cm³/mol. The van der Waals surface area contributed by atoms with Gasteiger partial charge in [-0.2, -0.15) is 0 Å². The number of thiophene rings is 1. The quantitative estimate of drug-likeness (QED) is 0.187. The van der Waals surface area contributed by atoms with E-state index in [1.165, 1.54) is 58.3 Å². The number of imidazole rings is 1. The van der Waals surface area contributed by atoms with Gasteiger partial charge in [-0.05, 0) is 83.1 Å². The minimum atomic E-state index is 0.0789. The summed E-state index contributed by atoms with van der Waals surface area (Å²) in [6, 6.07) is 52.8. The lowest BCUT2D eigenvalue weighted by Crippen LogP contribution is -2.10. The second kappa shape index (κ2) is 10.4. The van der Waals surface area contributed by atoms with Gasteiger partial charge in [0.25, 0.3) is 0 Å². The minimum absolute atomic E-state index is 0.0789. The van der Waals surface area contributed by atoms with Crippen LogP contribution in [-0.2, 0) is 5.41 Å². The van der Waals surface area contributed by atoms with Gasteiger partial charge >= 0.3 is 0 Å². The van der Waals surface area contributed by atoms with Crippen LogP contribution in [0.25, 0.3) is 86.5 Å². The van der Waals surface area contributed by atoms with Gasteiger partial charge in [-0.25, -0.2) is 4.98 Å². The molecule has 0 aliphatic heterocycles. The van der Waals surface area contributed by atoms with Crippen LogP contribution in [0.1, 0.15) is 26.3 Å². The number of benzene rings is 7. The molecule has 234 valence electrons. The Morgan fingerprint density at radius 1 is 0.531 bits per heavy atom. The van der Waals surface area contributed by atoms with E-state index in [4.69, 9.17) is 4.98 Å². The Hall–Kier alpha value is -5.71. The normalized spacial score (nSPS) is 12.4.